The lowest BCUT2D eigenvalue weighted by molar-refractivity contribution is 0.456. The molecule has 0 saturated heterocycles. The number of halogens is 2. The fourth-order valence-electron chi connectivity index (χ4n) is 1.28. The molecule has 0 aliphatic heterocycles. The van der Waals surface area contributed by atoms with E-state index < -0.39 is 0 Å². The van der Waals surface area contributed by atoms with E-state index in [1.54, 1.807) is 6.20 Å². The van der Waals surface area contributed by atoms with Gasteiger partial charge in [-0.1, -0.05) is 15.9 Å². The molecule has 4 heteroatoms. The van der Waals surface area contributed by atoms with Crippen molar-refractivity contribution in [2.75, 3.05) is 0 Å². The van der Waals surface area contributed by atoms with E-state index in [2.05, 4.69) is 36.8 Å². The second-order valence-electron chi connectivity index (χ2n) is 3.30. The normalized spacial score (nSPS) is 10.2. The van der Waals surface area contributed by atoms with Gasteiger partial charge in [-0.3, -0.25) is 0 Å². The molecule has 0 N–H and O–H groups in total. The molecule has 0 aliphatic carbocycles. The van der Waals surface area contributed by atoms with Gasteiger partial charge in [0.2, 0.25) is 5.88 Å². The molecule has 82 valence electrons. The van der Waals surface area contributed by atoms with Crippen LogP contribution < -0.4 is 4.74 Å². The topological polar surface area (TPSA) is 22.1 Å². The van der Waals surface area contributed by atoms with E-state index in [1.807, 2.05) is 37.3 Å². The van der Waals surface area contributed by atoms with E-state index in [-0.39, 0.29) is 0 Å². The summed E-state index contributed by atoms with van der Waals surface area (Å²) in [6.07, 6.45) is 1.70. The van der Waals surface area contributed by atoms with Gasteiger partial charge < -0.3 is 4.74 Å². The van der Waals surface area contributed by atoms with Crippen LogP contribution in [-0.2, 0) is 0 Å². The Morgan fingerprint density at radius 1 is 1.19 bits per heavy atom. The highest BCUT2D eigenvalue weighted by Gasteiger charge is 2.05. The number of hydrogen-bond acceptors (Lipinski definition) is 2. The number of rotatable bonds is 2. The highest BCUT2D eigenvalue weighted by Crippen LogP contribution is 2.30. The van der Waals surface area contributed by atoms with Crippen LogP contribution >= 0.6 is 31.9 Å². The van der Waals surface area contributed by atoms with Crippen molar-refractivity contribution in [1.29, 1.82) is 0 Å². The summed E-state index contributed by atoms with van der Waals surface area (Å²) in [5, 5.41) is 0. The molecular weight excluding hydrogens is 334 g/mol. The molecule has 0 unspecified atom stereocenters. The van der Waals surface area contributed by atoms with Gasteiger partial charge in [-0.05, 0) is 58.7 Å². The van der Waals surface area contributed by atoms with Crippen LogP contribution in [0.3, 0.4) is 0 Å². The van der Waals surface area contributed by atoms with Crippen LogP contribution in [-0.4, -0.2) is 4.98 Å². The number of benzene rings is 1. The van der Waals surface area contributed by atoms with Crippen LogP contribution in [0, 0.1) is 6.92 Å². The SMILES string of the molecule is Cc1cc(Br)ccc1Oc1ncccc1Br. The summed E-state index contributed by atoms with van der Waals surface area (Å²) in [7, 11) is 0. The van der Waals surface area contributed by atoms with Crippen molar-refractivity contribution in [2.24, 2.45) is 0 Å². The first-order valence-electron chi connectivity index (χ1n) is 4.71. The van der Waals surface area contributed by atoms with Gasteiger partial charge in [0, 0.05) is 10.7 Å². The summed E-state index contributed by atoms with van der Waals surface area (Å²) in [5.74, 6) is 1.38. The molecule has 16 heavy (non-hydrogen) atoms. The highest BCUT2D eigenvalue weighted by molar-refractivity contribution is 9.10. The van der Waals surface area contributed by atoms with Crippen LogP contribution in [0.4, 0.5) is 0 Å². The summed E-state index contributed by atoms with van der Waals surface area (Å²) in [5.41, 5.74) is 1.06. The summed E-state index contributed by atoms with van der Waals surface area (Å²) >= 11 is 6.81. The predicted octanol–water partition coefficient (Wildman–Crippen LogP) is 4.71. The van der Waals surface area contributed by atoms with Crippen molar-refractivity contribution in [3.8, 4) is 11.6 Å². The summed E-state index contributed by atoms with van der Waals surface area (Å²) in [6, 6.07) is 9.62. The molecule has 1 aromatic heterocycles. The number of hydrogen-bond donors (Lipinski definition) is 0. The van der Waals surface area contributed by atoms with Crippen molar-refractivity contribution in [3.05, 3.63) is 51.0 Å². The molecule has 0 saturated carbocycles. The van der Waals surface area contributed by atoms with E-state index in [0.717, 1.165) is 20.3 Å². The Labute approximate surface area is 111 Å². The second kappa shape index (κ2) is 4.97. The molecule has 0 fully saturated rings. The Hall–Kier alpha value is -0.870. The fourth-order valence-corrected chi connectivity index (χ4v) is 2.09. The van der Waals surface area contributed by atoms with Crippen molar-refractivity contribution in [1.82, 2.24) is 4.98 Å². The molecule has 0 amide bonds. The van der Waals surface area contributed by atoms with Gasteiger partial charge in [-0.25, -0.2) is 4.98 Å². The zero-order chi connectivity index (χ0) is 11.5. The molecule has 2 rings (SSSR count). The Bertz CT molecular complexity index is 514. The Kier molecular flexibility index (Phi) is 3.61. The molecular formula is C12H9Br2NO. The summed E-state index contributed by atoms with van der Waals surface area (Å²) in [6.45, 7) is 2.00. The zero-order valence-electron chi connectivity index (χ0n) is 8.58. The maximum atomic E-state index is 5.72. The molecule has 2 nitrogen and oxygen atoms in total. The molecule has 0 bridgehead atoms. The van der Waals surface area contributed by atoms with Crippen LogP contribution in [0.2, 0.25) is 0 Å². The van der Waals surface area contributed by atoms with Crippen LogP contribution in [0.1, 0.15) is 5.56 Å². The Balaban J connectivity index is 2.31. The fraction of sp³-hybridized carbons (Fsp3) is 0.0833. The van der Waals surface area contributed by atoms with Gasteiger partial charge in [0.15, 0.2) is 0 Å². The van der Waals surface area contributed by atoms with E-state index >= 15 is 0 Å². The first kappa shape index (κ1) is 11.6. The lowest BCUT2D eigenvalue weighted by atomic mass is 10.2. The van der Waals surface area contributed by atoms with E-state index in [9.17, 15) is 0 Å². The van der Waals surface area contributed by atoms with Gasteiger partial charge in [-0.2, -0.15) is 0 Å². The Morgan fingerprint density at radius 2 is 2.00 bits per heavy atom. The standard InChI is InChI=1S/C12H9Br2NO/c1-8-7-9(13)4-5-11(8)16-12-10(14)3-2-6-15-12/h2-7H,1H3. The van der Waals surface area contributed by atoms with E-state index in [4.69, 9.17) is 4.74 Å². The number of aryl methyl sites for hydroxylation is 1. The van der Waals surface area contributed by atoms with Crippen LogP contribution in [0.5, 0.6) is 11.6 Å². The predicted molar refractivity (Wildman–Crippen MR) is 70.9 cm³/mol. The molecule has 1 aromatic carbocycles. The number of ether oxygens (including phenoxy) is 1. The van der Waals surface area contributed by atoms with Crippen LogP contribution in [0.25, 0.3) is 0 Å². The van der Waals surface area contributed by atoms with Crippen molar-refractivity contribution < 1.29 is 4.74 Å². The minimum atomic E-state index is 0.577. The first-order chi connectivity index (χ1) is 7.66. The largest absolute Gasteiger partial charge is 0.438 e. The average molecular weight is 343 g/mol. The zero-order valence-corrected chi connectivity index (χ0v) is 11.7. The van der Waals surface area contributed by atoms with E-state index in [1.165, 1.54) is 0 Å². The molecule has 0 radical (unpaired) electrons. The van der Waals surface area contributed by atoms with Crippen molar-refractivity contribution >= 4 is 31.9 Å². The first-order valence-corrected chi connectivity index (χ1v) is 6.30. The van der Waals surface area contributed by atoms with Crippen LogP contribution in [0.15, 0.2) is 45.5 Å². The summed E-state index contributed by atoms with van der Waals surface area (Å²) in [4.78, 5) is 4.16. The average Bonchev–Trinajstić information content (AvgIpc) is 2.25. The lowest BCUT2D eigenvalue weighted by Crippen LogP contribution is -1.90. The lowest BCUT2D eigenvalue weighted by Gasteiger charge is -2.08. The third-order valence-corrected chi connectivity index (χ3v) is 3.17. The van der Waals surface area contributed by atoms with Gasteiger partial charge in [-0.15, -0.1) is 0 Å². The quantitative estimate of drug-likeness (QED) is 0.788. The third kappa shape index (κ3) is 2.62. The number of aromatic nitrogens is 1. The minimum absolute atomic E-state index is 0.577. The van der Waals surface area contributed by atoms with Gasteiger partial charge in [0.1, 0.15) is 5.75 Å². The maximum absolute atomic E-state index is 5.72. The number of nitrogens with zero attached hydrogens (tertiary/aromatic N) is 1. The third-order valence-electron chi connectivity index (χ3n) is 2.07. The second-order valence-corrected chi connectivity index (χ2v) is 5.07. The van der Waals surface area contributed by atoms with Gasteiger partial charge in [0.05, 0.1) is 4.47 Å². The van der Waals surface area contributed by atoms with Crippen molar-refractivity contribution in [2.45, 2.75) is 6.92 Å². The molecule has 0 atom stereocenters. The van der Waals surface area contributed by atoms with Crippen molar-refractivity contribution in [3.63, 3.8) is 0 Å². The van der Waals surface area contributed by atoms with Gasteiger partial charge in [0.25, 0.3) is 0 Å². The molecule has 0 aliphatic rings. The van der Waals surface area contributed by atoms with E-state index in [0.29, 0.717) is 5.88 Å². The highest BCUT2D eigenvalue weighted by atomic mass is 79.9. The molecule has 2 aromatic rings. The Morgan fingerprint density at radius 3 is 2.69 bits per heavy atom. The molecule has 1 heterocycles. The minimum Gasteiger partial charge on any atom is -0.438 e. The smallest absolute Gasteiger partial charge is 0.233 e. The maximum Gasteiger partial charge on any atom is 0.233 e. The van der Waals surface area contributed by atoms with Gasteiger partial charge >= 0.3 is 0 Å². The number of pyridine rings is 1. The molecule has 0 spiro atoms. The summed E-state index contributed by atoms with van der Waals surface area (Å²) < 4.78 is 7.60. The monoisotopic (exact) mass is 341 g/mol.